The minimum absolute atomic E-state index is 0.00485. The Labute approximate surface area is 120 Å². The third kappa shape index (κ3) is 3.93. The highest BCUT2D eigenvalue weighted by Gasteiger charge is 2.28. The number of hydrogen-bond acceptors (Lipinski definition) is 5. The summed E-state index contributed by atoms with van der Waals surface area (Å²) in [6.45, 7) is 5.98. The van der Waals surface area contributed by atoms with Gasteiger partial charge in [-0.15, -0.1) is 0 Å². The molecule has 6 heteroatoms. The number of carbonyl (C=O) groups is 2. The number of hydrogen-bond donors (Lipinski definition) is 0. The highest BCUT2D eigenvalue weighted by molar-refractivity contribution is 5.78. The fourth-order valence-electron chi connectivity index (χ4n) is 2.83. The number of ether oxygens (including phenoxy) is 2. The molecule has 0 saturated carbocycles. The summed E-state index contributed by atoms with van der Waals surface area (Å²) in [6, 6.07) is 0. The zero-order valence-corrected chi connectivity index (χ0v) is 12.3. The third-order valence-electron chi connectivity index (χ3n) is 4.07. The van der Waals surface area contributed by atoms with Crippen LogP contribution in [0.1, 0.15) is 19.8 Å². The van der Waals surface area contributed by atoms with Crippen molar-refractivity contribution in [3.63, 3.8) is 0 Å². The lowest BCUT2D eigenvalue weighted by atomic mass is 9.97. The maximum absolute atomic E-state index is 12.2. The number of morpholine rings is 1. The first-order chi connectivity index (χ1) is 9.60. The van der Waals surface area contributed by atoms with Gasteiger partial charge in [0.25, 0.3) is 0 Å². The topological polar surface area (TPSA) is 59.1 Å². The number of nitrogens with zero attached hydrogens (tertiary/aromatic N) is 2. The van der Waals surface area contributed by atoms with E-state index in [1.165, 1.54) is 7.11 Å². The van der Waals surface area contributed by atoms with Crippen LogP contribution in [0.3, 0.4) is 0 Å². The van der Waals surface area contributed by atoms with Gasteiger partial charge in [-0.25, -0.2) is 0 Å². The predicted octanol–water partition coefficient (Wildman–Crippen LogP) is 0.119. The van der Waals surface area contributed by atoms with Crippen molar-refractivity contribution in [2.24, 2.45) is 5.92 Å². The smallest absolute Gasteiger partial charge is 0.308 e. The SMILES string of the molecule is COC(=O)C1CCN(CC(=O)N2CCOC(C)C2)CC1. The number of esters is 1. The fourth-order valence-corrected chi connectivity index (χ4v) is 2.83. The van der Waals surface area contributed by atoms with Gasteiger partial charge in [0.2, 0.25) is 5.91 Å². The highest BCUT2D eigenvalue weighted by atomic mass is 16.5. The Morgan fingerprint density at radius 2 is 1.95 bits per heavy atom. The molecule has 0 N–H and O–H groups in total. The Morgan fingerprint density at radius 3 is 2.55 bits per heavy atom. The molecule has 0 aromatic rings. The molecular formula is C14H24N2O4. The lowest BCUT2D eigenvalue weighted by molar-refractivity contribution is -0.147. The average molecular weight is 284 g/mol. The molecule has 2 aliphatic heterocycles. The van der Waals surface area contributed by atoms with Crippen LogP contribution in [0.15, 0.2) is 0 Å². The summed E-state index contributed by atoms with van der Waals surface area (Å²) >= 11 is 0. The van der Waals surface area contributed by atoms with Gasteiger partial charge in [-0.1, -0.05) is 0 Å². The number of methoxy groups -OCH3 is 1. The molecule has 2 rings (SSSR count). The lowest BCUT2D eigenvalue weighted by Crippen LogP contribution is -2.49. The van der Waals surface area contributed by atoms with Crippen LogP contribution in [-0.2, 0) is 19.1 Å². The summed E-state index contributed by atoms with van der Waals surface area (Å²) in [5, 5.41) is 0. The Balaban J connectivity index is 1.74. The molecule has 2 aliphatic rings. The molecule has 1 unspecified atom stereocenters. The molecule has 0 aromatic heterocycles. The molecule has 20 heavy (non-hydrogen) atoms. The second-order valence-electron chi connectivity index (χ2n) is 5.59. The lowest BCUT2D eigenvalue weighted by Gasteiger charge is -2.35. The first kappa shape index (κ1) is 15.3. The summed E-state index contributed by atoms with van der Waals surface area (Å²) in [5.74, 6) is 0.0319. The minimum atomic E-state index is -0.127. The summed E-state index contributed by atoms with van der Waals surface area (Å²) in [4.78, 5) is 27.7. The van der Waals surface area contributed by atoms with Crippen LogP contribution in [0.2, 0.25) is 0 Å². The van der Waals surface area contributed by atoms with Gasteiger partial charge in [-0.3, -0.25) is 14.5 Å². The van der Waals surface area contributed by atoms with E-state index in [9.17, 15) is 9.59 Å². The maximum Gasteiger partial charge on any atom is 0.308 e. The monoisotopic (exact) mass is 284 g/mol. The standard InChI is InChI=1S/C14H24N2O4/c1-11-9-16(7-8-20-11)13(17)10-15-5-3-12(4-6-15)14(18)19-2/h11-12H,3-10H2,1-2H3. The number of piperidine rings is 1. The molecule has 2 heterocycles. The van der Waals surface area contributed by atoms with Gasteiger partial charge in [0.05, 0.1) is 32.3 Å². The normalized spacial score (nSPS) is 25.5. The van der Waals surface area contributed by atoms with Gasteiger partial charge < -0.3 is 14.4 Å². The van der Waals surface area contributed by atoms with E-state index in [1.54, 1.807) is 0 Å². The van der Waals surface area contributed by atoms with E-state index in [0.29, 0.717) is 26.2 Å². The van der Waals surface area contributed by atoms with Crippen LogP contribution in [0.4, 0.5) is 0 Å². The molecule has 0 radical (unpaired) electrons. The van der Waals surface area contributed by atoms with Gasteiger partial charge in [-0.05, 0) is 32.9 Å². The molecule has 6 nitrogen and oxygen atoms in total. The predicted molar refractivity (Wildman–Crippen MR) is 73.2 cm³/mol. The molecule has 1 atom stereocenters. The Kier molecular flexibility index (Phi) is 5.37. The average Bonchev–Trinajstić information content (AvgIpc) is 2.47. The number of rotatable bonds is 3. The molecule has 0 aromatic carbocycles. The van der Waals surface area contributed by atoms with Crippen LogP contribution < -0.4 is 0 Å². The number of carbonyl (C=O) groups excluding carboxylic acids is 2. The molecule has 0 spiro atoms. The fraction of sp³-hybridized carbons (Fsp3) is 0.857. The van der Waals surface area contributed by atoms with Crippen LogP contribution in [0, 0.1) is 5.92 Å². The number of likely N-dealkylation sites (tertiary alicyclic amines) is 1. The summed E-state index contributed by atoms with van der Waals surface area (Å²) in [5.41, 5.74) is 0. The zero-order chi connectivity index (χ0) is 14.5. The largest absolute Gasteiger partial charge is 0.469 e. The zero-order valence-electron chi connectivity index (χ0n) is 12.3. The first-order valence-corrected chi connectivity index (χ1v) is 7.29. The van der Waals surface area contributed by atoms with Crippen LogP contribution in [-0.4, -0.2) is 74.2 Å². The van der Waals surface area contributed by atoms with Gasteiger partial charge in [0.15, 0.2) is 0 Å². The van der Waals surface area contributed by atoms with Crippen molar-refractivity contribution >= 4 is 11.9 Å². The first-order valence-electron chi connectivity index (χ1n) is 7.29. The van der Waals surface area contributed by atoms with Crippen molar-refractivity contribution in [2.75, 3.05) is 46.4 Å². The van der Waals surface area contributed by atoms with Gasteiger partial charge in [-0.2, -0.15) is 0 Å². The van der Waals surface area contributed by atoms with E-state index in [2.05, 4.69) is 4.90 Å². The van der Waals surface area contributed by atoms with Crippen LogP contribution in [0.5, 0.6) is 0 Å². The summed E-state index contributed by atoms with van der Waals surface area (Å²) < 4.78 is 10.2. The second kappa shape index (κ2) is 7.04. The molecule has 2 saturated heterocycles. The van der Waals surface area contributed by atoms with E-state index in [4.69, 9.17) is 9.47 Å². The highest BCUT2D eigenvalue weighted by Crippen LogP contribution is 2.18. The van der Waals surface area contributed by atoms with E-state index in [1.807, 2.05) is 11.8 Å². The van der Waals surface area contributed by atoms with E-state index in [0.717, 1.165) is 25.9 Å². The molecule has 1 amide bonds. The van der Waals surface area contributed by atoms with Crippen molar-refractivity contribution < 1.29 is 19.1 Å². The molecule has 2 fully saturated rings. The Morgan fingerprint density at radius 1 is 1.25 bits per heavy atom. The molecular weight excluding hydrogens is 260 g/mol. The summed E-state index contributed by atoms with van der Waals surface area (Å²) in [6.07, 6.45) is 1.68. The third-order valence-corrected chi connectivity index (χ3v) is 4.07. The van der Waals surface area contributed by atoms with E-state index in [-0.39, 0.29) is 23.9 Å². The van der Waals surface area contributed by atoms with Crippen LogP contribution >= 0.6 is 0 Å². The van der Waals surface area contributed by atoms with Gasteiger partial charge in [0, 0.05) is 13.1 Å². The van der Waals surface area contributed by atoms with Crippen molar-refractivity contribution in [2.45, 2.75) is 25.9 Å². The number of amides is 1. The minimum Gasteiger partial charge on any atom is -0.469 e. The quantitative estimate of drug-likeness (QED) is 0.689. The van der Waals surface area contributed by atoms with Gasteiger partial charge in [0.1, 0.15) is 0 Å². The Hall–Kier alpha value is -1.14. The van der Waals surface area contributed by atoms with Crippen molar-refractivity contribution in [3.8, 4) is 0 Å². The maximum atomic E-state index is 12.2. The van der Waals surface area contributed by atoms with Crippen molar-refractivity contribution in [3.05, 3.63) is 0 Å². The molecule has 114 valence electrons. The molecule has 0 bridgehead atoms. The Bertz CT molecular complexity index is 353. The molecule has 0 aliphatic carbocycles. The van der Waals surface area contributed by atoms with E-state index < -0.39 is 0 Å². The van der Waals surface area contributed by atoms with Crippen molar-refractivity contribution in [1.29, 1.82) is 0 Å². The summed E-state index contributed by atoms with van der Waals surface area (Å²) in [7, 11) is 1.43. The van der Waals surface area contributed by atoms with Crippen LogP contribution in [0.25, 0.3) is 0 Å². The van der Waals surface area contributed by atoms with Crippen molar-refractivity contribution in [1.82, 2.24) is 9.80 Å². The van der Waals surface area contributed by atoms with E-state index >= 15 is 0 Å². The van der Waals surface area contributed by atoms with Gasteiger partial charge >= 0.3 is 5.97 Å². The second-order valence-corrected chi connectivity index (χ2v) is 5.59.